The molecule has 0 bridgehead atoms. The molecule has 0 unspecified atom stereocenters. The van der Waals surface area contributed by atoms with Gasteiger partial charge in [0.15, 0.2) is 12.1 Å². The van der Waals surface area contributed by atoms with Gasteiger partial charge in [0.2, 0.25) is 0 Å². The van der Waals surface area contributed by atoms with Crippen LogP contribution in [0.4, 0.5) is 0 Å². The van der Waals surface area contributed by atoms with Crippen LogP contribution in [0.15, 0.2) is 24.0 Å². The van der Waals surface area contributed by atoms with Crippen molar-refractivity contribution in [1.82, 2.24) is 9.55 Å². The lowest BCUT2D eigenvalue weighted by molar-refractivity contribution is 0.111. The lowest BCUT2D eigenvalue weighted by Gasteiger charge is -2.04. The summed E-state index contributed by atoms with van der Waals surface area (Å²) >= 11 is 0. The Morgan fingerprint density at radius 3 is 3.23 bits per heavy atom. The molecule has 1 heterocycles. The average molecular weight is 176 g/mol. The Labute approximate surface area is 77.1 Å². The molecule has 0 aromatic carbocycles. The highest BCUT2D eigenvalue weighted by Crippen LogP contribution is 2.19. The fourth-order valence-electron chi connectivity index (χ4n) is 1.67. The van der Waals surface area contributed by atoms with Crippen molar-refractivity contribution < 1.29 is 4.79 Å². The van der Waals surface area contributed by atoms with E-state index in [9.17, 15) is 4.79 Å². The van der Waals surface area contributed by atoms with E-state index in [1.165, 1.54) is 18.4 Å². The van der Waals surface area contributed by atoms with Crippen LogP contribution in [0.3, 0.4) is 0 Å². The molecular weight excluding hydrogens is 164 g/mol. The van der Waals surface area contributed by atoms with Crippen molar-refractivity contribution >= 4 is 6.29 Å². The molecule has 1 aromatic heterocycles. The van der Waals surface area contributed by atoms with Gasteiger partial charge in [-0.25, -0.2) is 4.98 Å². The molecule has 1 aliphatic rings. The third-order valence-corrected chi connectivity index (χ3v) is 2.36. The molecule has 3 nitrogen and oxygen atoms in total. The second kappa shape index (κ2) is 3.56. The number of aldehydes is 1. The fourth-order valence-corrected chi connectivity index (χ4v) is 1.67. The van der Waals surface area contributed by atoms with Crippen molar-refractivity contribution in [1.29, 1.82) is 0 Å². The van der Waals surface area contributed by atoms with Crippen molar-refractivity contribution in [2.24, 2.45) is 0 Å². The van der Waals surface area contributed by atoms with E-state index >= 15 is 0 Å². The van der Waals surface area contributed by atoms with Gasteiger partial charge in [0.05, 0.1) is 0 Å². The highest BCUT2D eigenvalue weighted by molar-refractivity contribution is 5.69. The van der Waals surface area contributed by atoms with Crippen molar-refractivity contribution in [3.8, 4) is 0 Å². The van der Waals surface area contributed by atoms with E-state index in [-0.39, 0.29) is 0 Å². The second-order valence-corrected chi connectivity index (χ2v) is 3.29. The van der Waals surface area contributed by atoms with Crippen LogP contribution in [0, 0.1) is 0 Å². The van der Waals surface area contributed by atoms with Crippen molar-refractivity contribution in [2.75, 3.05) is 0 Å². The van der Waals surface area contributed by atoms with Crippen LogP contribution in [0.2, 0.25) is 0 Å². The number of carbonyl (C=O) groups is 1. The molecule has 0 fully saturated rings. The van der Waals surface area contributed by atoms with Gasteiger partial charge in [-0.2, -0.15) is 0 Å². The molecule has 0 amide bonds. The van der Waals surface area contributed by atoms with Crippen LogP contribution >= 0.6 is 0 Å². The molecule has 0 spiro atoms. The van der Waals surface area contributed by atoms with Crippen LogP contribution in [0.25, 0.3) is 0 Å². The Bertz CT molecular complexity index is 338. The van der Waals surface area contributed by atoms with Crippen molar-refractivity contribution in [3.05, 3.63) is 29.9 Å². The maximum atomic E-state index is 10.6. The van der Waals surface area contributed by atoms with E-state index < -0.39 is 0 Å². The van der Waals surface area contributed by atoms with Gasteiger partial charge >= 0.3 is 0 Å². The third kappa shape index (κ3) is 1.69. The number of imidazole rings is 1. The quantitative estimate of drug-likeness (QED) is 0.520. The first-order chi connectivity index (χ1) is 6.40. The highest BCUT2D eigenvalue weighted by atomic mass is 16.1. The molecule has 2 rings (SSSR count). The van der Waals surface area contributed by atoms with Crippen LogP contribution in [-0.2, 0) is 6.54 Å². The molecule has 1 aliphatic carbocycles. The Kier molecular flexibility index (Phi) is 2.25. The van der Waals surface area contributed by atoms with E-state index in [2.05, 4.69) is 11.1 Å². The van der Waals surface area contributed by atoms with E-state index in [1.54, 1.807) is 6.20 Å². The Balaban J connectivity index is 2.12. The lowest BCUT2D eigenvalue weighted by atomic mass is 10.2. The highest BCUT2D eigenvalue weighted by Gasteiger charge is 2.07. The Hall–Kier alpha value is -1.38. The van der Waals surface area contributed by atoms with Gasteiger partial charge in [0.25, 0.3) is 0 Å². The largest absolute Gasteiger partial charge is 0.325 e. The molecule has 13 heavy (non-hydrogen) atoms. The van der Waals surface area contributed by atoms with E-state index in [0.717, 1.165) is 19.3 Å². The van der Waals surface area contributed by atoms with Crippen LogP contribution < -0.4 is 0 Å². The monoisotopic (exact) mass is 176 g/mol. The van der Waals surface area contributed by atoms with Gasteiger partial charge in [-0.1, -0.05) is 11.6 Å². The minimum atomic E-state index is 0.521. The normalized spacial score (nSPS) is 15.8. The zero-order chi connectivity index (χ0) is 9.10. The Morgan fingerprint density at radius 2 is 2.54 bits per heavy atom. The third-order valence-electron chi connectivity index (χ3n) is 2.36. The maximum Gasteiger partial charge on any atom is 0.185 e. The van der Waals surface area contributed by atoms with E-state index in [4.69, 9.17) is 0 Å². The first kappa shape index (κ1) is 8.23. The van der Waals surface area contributed by atoms with Gasteiger partial charge in [-0.3, -0.25) is 4.79 Å². The summed E-state index contributed by atoms with van der Waals surface area (Å²) in [5.74, 6) is 0.521. The molecule has 68 valence electrons. The van der Waals surface area contributed by atoms with Gasteiger partial charge in [0, 0.05) is 18.9 Å². The molecular formula is C10H12N2O. The summed E-state index contributed by atoms with van der Waals surface area (Å²) in [6.07, 6.45) is 10.2. The standard InChI is InChI=1S/C10H12N2O/c13-8-10-11-5-6-12(10)7-9-3-1-2-4-9/h3,5-6,8H,1-2,4,7H2. The van der Waals surface area contributed by atoms with Crippen LogP contribution in [0.1, 0.15) is 29.9 Å². The van der Waals surface area contributed by atoms with Gasteiger partial charge in [0.1, 0.15) is 0 Å². The summed E-state index contributed by atoms with van der Waals surface area (Å²) in [5, 5.41) is 0. The predicted octanol–water partition coefficient (Wildman–Crippen LogP) is 1.81. The zero-order valence-corrected chi connectivity index (χ0v) is 7.44. The summed E-state index contributed by atoms with van der Waals surface area (Å²) in [7, 11) is 0. The minimum Gasteiger partial charge on any atom is -0.325 e. The molecule has 1 aromatic rings. The smallest absolute Gasteiger partial charge is 0.185 e. The number of rotatable bonds is 3. The summed E-state index contributed by atoms with van der Waals surface area (Å²) in [4.78, 5) is 14.5. The first-order valence-electron chi connectivity index (χ1n) is 4.54. The SMILES string of the molecule is O=Cc1nccn1CC1=CCCC1. The summed E-state index contributed by atoms with van der Waals surface area (Å²) in [6, 6.07) is 0. The number of hydrogen-bond donors (Lipinski definition) is 0. The van der Waals surface area contributed by atoms with Gasteiger partial charge in [-0.15, -0.1) is 0 Å². The maximum absolute atomic E-state index is 10.6. The minimum absolute atomic E-state index is 0.521. The Morgan fingerprint density at radius 1 is 1.62 bits per heavy atom. The lowest BCUT2D eigenvalue weighted by Crippen LogP contribution is -2.03. The predicted molar refractivity (Wildman–Crippen MR) is 49.5 cm³/mol. The first-order valence-corrected chi connectivity index (χ1v) is 4.54. The van der Waals surface area contributed by atoms with Gasteiger partial charge < -0.3 is 4.57 Å². The molecule has 3 heteroatoms. The number of carbonyl (C=O) groups excluding carboxylic acids is 1. The van der Waals surface area contributed by atoms with E-state index in [0.29, 0.717) is 5.82 Å². The van der Waals surface area contributed by atoms with Crippen molar-refractivity contribution in [2.45, 2.75) is 25.8 Å². The average Bonchev–Trinajstić information content (AvgIpc) is 2.76. The van der Waals surface area contributed by atoms with E-state index in [1.807, 2.05) is 10.8 Å². The van der Waals surface area contributed by atoms with Crippen molar-refractivity contribution in [3.63, 3.8) is 0 Å². The fraction of sp³-hybridized carbons (Fsp3) is 0.400. The molecule has 0 N–H and O–H groups in total. The summed E-state index contributed by atoms with van der Waals surface area (Å²) in [5.41, 5.74) is 1.42. The molecule has 0 atom stereocenters. The number of allylic oxidation sites excluding steroid dienone is 2. The number of nitrogens with zero attached hydrogens (tertiary/aromatic N) is 2. The number of aromatic nitrogens is 2. The topological polar surface area (TPSA) is 34.9 Å². The molecule has 0 saturated carbocycles. The summed E-state index contributed by atoms with van der Waals surface area (Å²) < 4.78 is 1.89. The second-order valence-electron chi connectivity index (χ2n) is 3.29. The molecule has 0 aliphatic heterocycles. The van der Waals surface area contributed by atoms with Gasteiger partial charge in [-0.05, 0) is 19.3 Å². The summed E-state index contributed by atoms with van der Waals surface area (Å²) in [6.45, 7) is 0.827. The van der Waals surface area contributed by atoms with Crippen LogP contribution in [-0.4, -0.2) is 15.8 Å². The number of hydrogen-bond acceptors (Lipinski definition) is 2. The molecule has 0 radical (unpaired) electrons. The zero-order valence-electron chi connectivity index (χ0n) is 7.44. The van der Waals surface area contributed by atoms with Crippen LogP contribution in [0.5, 0.6) is 0 Å². The molecule has 0 saturated heterocycles.